The van der Waals surface area contributed by atoms with Crippen molar-refractivity contribution >= 4 is 17.6 Å². The van der Waals surface area contributed by atoms with E-state index in [9.17, 15) is 18.4 Å². The number of ether oxygens (including phenoxy) is 1. The lowest BCUT2D eigenvalue weighted by Gasteiger charge is -2.28. The van der Waals surface area contributed by atoms with Crippen LogP contribution in [0.5, 0.6) is 0 Å². The number of esters is 1. The van der Waals surface area contributed by atoms with E-state index in [1.807, 2.05) is 0 Å². The predicted molar refractivity (Wildman–Crippen MR) is 79.9 cm³/mol. The molecule has 2 rings (SSSR count). The molecule has 1 saturated heterocycles. The molecule has 1 unspecified atom stereocenters. The van der Waals surface area contributed by atoms with E-state index < -0.39 is 11.6 Å². The van der Waals surface area contributed by atoms with Gasteiger partial charge in [0, 0.05) is 6.07 Å². The van der Waals surface area contributed by atoms with Gasteiger partial charge in [-0.1, -0.05) is 0 Å². The molecule has 126 valence electrons. The number of hydrogen-bond acceptors (Lipinski definition) is 3. The summed E-state index contributed by atoms with van der Waals surface area (Å²) in [6.07, 6.45) is 1.59. The van der Waals surface area contributed by atoms with Crippen LogP contribution in [0.3, 0.4) is 0 Å². The highest BCUT2D eigenvalue weighted by Gasteiger charge is 2.30. The Morgan fingerprint density at radius 1 is 1.39 bits per heavy atom. The number of halogens is 2. The van der Waals surface area contributed by atoms with Crippen LogP contribution in [-0.4, -0.2) is 38.1 Å². The van der Waals surface area contributed by atoms with Gasteiger partial charge >= 0.3 is 5.97 Å². The van der Waals surface area contributed by atoms with E-state index in [-0.39, 0.29) is 30.0 Å². The van der Waals surface area contributed by atoms with E-state index >= 15 is 0 Å². The molecule has 2 N–H and O–H groups in total. The van der Waals surface area contributed by atoms with Gasteiger partial charge in [-0.05, 0) is 31.9 Å². The third kappa shape index (κ3) is 4.99. The lowest BCUT2D eigenvalue weighted by molar-refractivity contribution is -0.899. The Labute approximate surface area is 133 Å². The normalized spacial score (nSPS) is 20.8. The van der Waals surface area contributed by atoms with Gasteiger partial charge in [-0.3, -0.25) is 9.59 Å². The Kier molecular flexibility index (Phi) is 6.04. The number of likely N-dealkylation sites (tertiary alicyclic amines) is 1. The average molecular weight is 327 g/mol. The van der Waals surface area contributed by atoms with E-state index in [4.69, 9.17) is 4.74 Å². The molecule has 7 heteroatoms. The van der Waals surface area contributed by atoms with Crippen molar-refractivity contribution in [2.45, 2.75) is 19.8 Å². The van der Waals surface area contributed by atoms with Crippen molar-refractivity contribution in [1.29, 1.82) is 0 Å². The Morgan fingerprint density at radius 2 is 2.17 bits per heavy atom. The van der Waals surface area contributed by atoms with Gasteiger partial charge in [0.25, 0.3) is 5.91 Å². The third-order valence-electron chi connectivity index (χ3n) is 3.85. The van der Waals surface area contributed by atoms with Crippen LogP contribution in [0.2, 0.25) is 0 Å². The zero-order valence-corrected chi connectivity index (χ0v) is 13.0. The Bertz CT molecular complexity index is 580. The zero-order chi connectivity index (χ0) is 16.8. The lowest BCUT2D eigenvalue weighted by atomic mass is 9.98. The summed E-state index contributed by atoms with van der Waals surface area (Å²) in [5.41, 5.74) is -0.0465. The van der Waals surface area contributed by atoms with Gasteiger partial charge in [-0.25, -0.2) is 8.78 Å². The summed E-state index contributed by atoms with van der Waals surface area (Å²) in [6.45, 7) is 3.53. The number of piperidine rings is 1. The molecule has 0 aliphatic carbocycles. The Balaban J connectivity index is 1.88. The summed E-state index contributed by atoms with van der Waals surface area (Å²) >= 11 is 0. The molecule has 1 aliphatic rings. The number of benzene rings is 1. The van der Waals surface area contributed by atoms with Crippen LogP contribution in [0.25, 0.3) is 0 Å². The first-order chi connectivity index (χ1) is 11.0. The molecule has 0 radical (unpaired) electrons. The molecule has 1 heterocycles. The molecule has 1 aliphatic heterocycles. The van der Waals surface area contributed by atoms with Gasteiger partial charge in [0.15, 0.2) is 6.54 Å². The molecule has 0 aromatic heterocycles. The molecular weight excluding hydrogens is 306 g/mol. The van der Waals surface area contributed by atoms with Crippen LogP contribution in [0.4, 0.5) is 14.5 Å². The first-order valence-corrected chi connectivity index (χ1v) is 7.74. The molecule has 1 amide bonds. The van der Waals surface area contributed by atoms with Crippen molar-refractivity contribution in [2.24, 2.45) is 5.92 Å². The van der Waals surface area contributed by atoms with E-state index in [0.717, 1.165) is 36.4 Å². The van der Waals surface area contributed by atoms with Crippen molar-refractivity contribution in [3.63, 3.8) is 0 Å². The van der Waals surface area contributed by atoms with Gasteiger partial charge in [-0.2, -0.15) is 0 Å². The fourth-order valence-electron chi connectivity index (χ4n) is 2.79. The molecular formula is C16H21F2N2O3+. The minimum Gasteiger partial charge on any atom is -0.466 e. The number of anilines is 1. The summed E-state index contributed by atoms with van der Waals surface area (Å²) in [4.78, 5) is 24.7. The van der Waals surface area contributed by atoms with Gasteiger partial charge < -0.3 is 15.0 Å². The second-order valence-corrected chi connectivity index (χ2v) is 5.64. The largest absolute Gasteiger partial charge is 0.466 e. The van der Waals surface area contributed by atoms with Crippen LogP contribution in [-0.2, 0) is 14.3 Å². The number of amides is 1. The quantitative estimate of drug-likeness (QED) is 0.785. The molecule has 1 aromatic rings. The van der Waals surface area contributed by atoms with Crippen molar-refractivity contribution in [2.75, 3.05) is 31.6 Å². The predicted octanol–water partition coefficient (Wildman–Crippen LogP) is 0.761. The maximum Gasteiger partial charge on any atom is 0.314 e. The number of carbonyl (C=O) groups excluding carboxylic acids is 2. The second-order valence-electron chi connectivity index (χ2n) is 5.64. The van der Waals surface area contributed by atoms with Crippen LogP contribution in [0.15, 0.2) is 18.2 Å². The Hall–Kier alpha value is -2.02. The van der Waals surface area contributed by atoms with Crippen LogP contribution in [0.1, 0.15) is 19.8 Å². The fraction of sp³-hybridized carbons (Fsp3) is 0.500. The summed E-state index contributed by atoms with van der Waals surface area (Å²) in [6, 6.07) is 3.00. The highest BCUT2D eigenvalue weighted by molar-refractivity contribution is 5.91. The van der Waals surface area contributed by atoms with E-state index in [1.54, 1.807) is 6.92 Å². The second kappa shape index (κ2) is 8.01. The van der Waals surface area contributed by atoms with Crippen molar-refractivity contribution in [1.82, 2.24) is 0 Å². The molecule has 23 heavy (non-hydrogen) atoms. The maximum absolute atomic E-state index is 13.5. The van der Waals surface area contributed by atoms with Crippen LogP contribution in [0, 0.1) is 17.6 Å². The number of hydrogen-bond donors (Lipinski definition) is 2. The van der Waals surface area contributed by atoms with Crippen LogP contribution < -0.4 is 10.2 Å². The van der Waals surface area contributed by atoms with E-state index in [2.05, 4.69) is 5.32 Å². The summed E-state index contributed by atoms with van der Waals surface area (Å²) < 4.78 is 31.4. The molecule has 5 nitrogen and oxygen atoms in total. The first-order valence-electron chi connectivity index (χ1n) is 7.74. The molecule has 0 saturated carbocycles. The molecule has 0 spiro atoms. The van der Waals surface area contributed by atoms with Crippen LogP contribution >= 0.6 is 0 Å². The number of quaternary nitrogens is 1. The smallest absolute Gasteiger partial charge is 0.314 e. The topological polar surface area (TPSA) is 59.8 Å². The first kappa shape index (κ1) is 17.3. The number of nitrogens with one attached hydrogen (secondary N) is 2. The number of rotatable bonds is 5. The monoisotopic (exact) mass is 327 g/mol. The fourth-order valence-corrected chi connectivity index (χ4v) is 2.79. The SMILES string of the molecule is CCOC(=O)[C@@H]1CCC[NH+](CC(=O)Nc2ccc(F)cc2F)C1. The average Bonchev–Trinajstić information content (AvgIpc) is 2.50. The third-order valence-corrected chi connectivity index (χ3v) is 3.85. The maximum atomic E-state index is 13.5. The lowest BCUT2D eigenvalue weighted by Crippen LogP contribution is -3.14. The van der Waals surface area contributed by atoms with Gasteiger partial charge in [0.05, 0.1) is 25.4 Å². The highest BCUT2D eigenvalue weighted by atomic mass is 19.1. The van der Waals surface area contributed by atoms with Crippen molar-refractivity contribution in [3.8, 4) is 0 Å². The van der Waals surface area contributed by atoms with Gasteiger partial charge in [-0.15, -0.1) is 0 Å². The summed E-state index contributed by atoms with van der Waals surface area (Å²) in [5, 5.41) is 2.44. The molecule has 2 atom stereocenters. The summed E-state index contributed by atoms with van der Waals surface area (Å²) in [7, 11) is 0. The van der Waals surface area contributed by atoms with Gasteiger partial charge in [0.1, 0.15) is 17.6 Å². The standard InChI is InChI=1S/C16H20F2N2O3/c1-2-23-16(22)11-4-3-7-20(9-11)10-15(21)19-14-6-5-12(17)8-13(14)18/h5-6,8,11H,2-4,7,9-10H2,1H3,(H,19,21)/p+1/t11-/m1/s1. The minimum absolute atomic E-state index is 0.0465. The van der Waals surface area contributed by atoms with Crippen molar-refractivity contribution in [3.05, 3.63) is 29.8 Å². The van der Waals surface area contributed by atoms with Crippen molar-refractivity contribution < 1.29 is 28.0 Å². The minimum atomic E-state index is -0.809. The highest BCUT2D eigenvalue weighted by Crippen LogP contribution is 2.14. The zero-order valence-electron chi connectivity index (χ0n) is 13.0. The van der Waals surface area contributed by atoms with E-state index in [1.165, 1.54) is 6.07 Å². The van der Waals surface area contributed by atoms with E-state index in [0.29, 0.717) is 13.2 Å². The Morgan fingerprint density at radius 3 is 2.87 bits per heavy atom. The summed E-state index contributed by atoms with van der Waals surface area (Å²) in [5.74, 6) is -2.30. The number of carbonyl (C=O) groups is 2. The molecule has 0 bridgehead atoms. The molecule has 1 fully saturated rings. The van der Waals surface area contributed by atoms with Gasteiger partial charge in [0.2, 0.25) is 0 Å². The molecule has 1 aromatic carbocycles.